The molecule has 2 aromatic heterocycles. The lowest BCUT2D eigenvalue weighted by Crippen LogP contribution is -2.53. The summed E-state index contributed by atoms with van der Waals surface area (Å²) >= 11 is 0. The van der Waals surface area contributed by atoms with E-state index >= 15 is 0 Å². The quantitative estimate of drug-likeness (QED) is 0.597. The van der Waals surface area contributed by atoms with Crippen LogP contribution in [0, 0.1) is 18.7 Å². The first-order chi connectivity index (χ1) is 15.2. The second kappa shape index (κ2) is 8.40. The number of nitrogens with zero attached hydrogens (tertiary/aromatic N) is 5. The smallest absolute Gasteiger partial charge is 0.407 e. The molecule has 3 aromatic rings. The largest absolute Gasteiger partial charge is 0.465 e. The van der Waals surface area contributed by atoms with E-state index in [0.29, 0.717) is 31.3 Å². The van der Waals surface area contributed by atoms with Crippen molar-refractivity contribution in [2.24, 2.45) is 5.92 Å². The molecule has 0 unspecified atom stereocenters. The maximum Gasteiger partial charge on any atom is 0.407 e. The first kappa shape index (κ1) is 21.5. The minimum absolute atomic E-state index is 0.0805. The van der Waals surface area contributed by atoms with Crippen LogP contribution in [-0.4, -0.2) is 62.6 Å². The molecule has 32 heavy (non-hydrogen) atoms. The first-order valence-electron chi connectivity index (χ1n) is 10.2. The van der Waals surface area contributed by atoms with E-state index in [-0.39, 0.29) is 34.4 Å². The molecule has 0 aliphatic carbocycles. The fourth-order valence-electron chi connectivity index (χ4n) is 3.63. The number of oxazole rings is 1. The Morgan fingerprint density at radius 3 is 2.69 bits per heavy atom. The van der Waals surface area contributed by atoms with E-state index in [2.05, 4.69) is 20.3 Å². The van der Waals surface area contributed by atoms with Gasteiger partial charge in [-0.15, -0.1) is 0 Å². The van der Waals surface area contributed by atoms with E-state index in [0.717, 1.165) is 0 Å². The Bertz CT molecular complexity index is 1160. The molecule has 4 rings (SSSR count). The van der Waals surface area contributed by atoms with Crippen molar-refractivity contribution < 1.29 is 23.5 Å². The van der Waals surface area contributed by atoms with Crippen LogP contribution in [0.15, 0.2) is 28.9 Å². The monoisotopic (exact) mass is 442 g/mol. The lowest BCUT2D eigenvalue weighted by Gasteiger charge is -2.42. The van der Waals surface area contributed by atoms with Crippen molar-refractivity contribution in [1.82, 2.24) is 19.9 Å². The van der Waals surface area contributed by atoms with Crippen molar-refractivity contribution >= 4 is 34.6 Å². The highest BCUT2D eigenvalue weighted by atomic mass is 19.1. The highest BCUT2D eigenvalue weighted by Gasteiger charge is 2.31. The first-order valence-corrected chi connectivity index (χ1v) is 10.2. The fourth-order valence-corrected chi connectivity index (χ4v) is 3.63. The topological polar surface area (TPSA) is 125 Å². The van der Waals surface area contributed by atoms with Crippen molar-refractivity contribution in [3.8, 4) is 0 Å². The number of carbonyl (C=O) groups excluding carboxylic acids is 1. The molecule has 1 aromatic carbocycles. The predicted octanol–water partition coefficient (Wildman–Crippen LogP) is 3.14. The Hall–Kier alpha value is -3.76. The van der Waals surface area contributed by atoms with Crippen LogP contribution >= 0.6 is 0 Å². The number of carboxylic acid groups (broad SMARTS) is 1. The van der Waals surface area contributed by atoms with Crippen LogP contribution in [0.4, 0.5) is 20.7 Å². The molecule has 1 saturated heterocycles. The van der Waals surface area contributed by atoms with Crippen molar-refractivity contribution in [3.05, 3.63) is 41.9 Å². The normalized spacial score (nSPS) is 14.0. The van der Waals surface area contributed by atoms with E-state index in [4.69, 9.17) is 4.42 Å². The van der Waals surface area contributed by atoms with Crippen molar-refractivity contribution in [2.45, 2.75) is 26.8 Å². The van der Waals surface area contributed by atoms with Crippen molar-refractivity contribution in [1.29, 1.82) is 0 Å². The molecule has 10 nitrogen and oxygen atoms in total. The highest BCUT2D eigenvalue weighted by Crippen LogP contribution is 2.25. The molecule has 1 aliphatic heterocycles. The van der Waals surface area contributed by atoms with E-state index in [1.165, 1.54) is 29.4 Å². The molecule has 11 heteroatoms. The molecule has 2 N–H and O–H groups in total. The van der Waals surface area contributed by atoms with Gasteiger partial charge in [-0.3, -0.25) is 4.79 Å². The van der Waals surface area contributed by atoms with Gasteiger partial charge in [-0.05, 0) is 19.9 Å². The second-order valence-electron chi connectivity index (χ2n) is 8.05. The zero-order valence-electron chi connectivity index (χ0n) is 17.9. The molecule has 0 bridgehead atoms. The number of anilines is 2. The Morgan fingerprint density at radius 2 is 2.06 bits per heavy atom. The van der Waals surface area contributed by atoms with E-state index in [1.54, 1.807) is 6.92 Å². The maximum absolute atomic E-state index is 14.2. The van der Waals surface area contributed by atoms with Gasteiger partial charge < -0.3 is 24.6 Å². The number of hydrogen-bond acceptors (Lipinski definition) is 7. The summed E-state index contributed by atoms with van der Waals surface area (Å²) < 4.78 is 19.5. The van der Waals surface area contributed by atoms with Crippen LogP contribution in [0.1, 0.15) is 30.2 Å². The van der Waals surface area contributed by atoms with Gasteiger partial charge in [0.15, 0.2) is 17.3 Å². The van der Waals surface area contributed by atoms with E-state index in [9.17, 15) is 19.1 Å². The fraction of sp³-hybridized carbons (Fsp3) is 0.381. The van der Waals surface area contributed by atoms with Gasteiger partial charge in [0.25, 0.3) is 5.91 Å². The number of carbonyl (C=O) groups is 2. The van der Waals surface area contributed by atoms with Crippen molar-refractivity contribution in [3.63, 3.8) is 0 Å². The molecule has 0 spiro atoms. The average Bonchev–Trinajstić information content (AvgIpc) is 3.07. The molecule has 168 valence electrons. The van der Waals surface area contributed by atoms with Gasteiger partial charge in [0.05, 0.1) is 12.4 Å². The summed E-state index contributed by atoms with van der Waals surface area (Å²) in [5.41, 5.74) is 0.653. The summed E-state index contributed by atoms with van der Waals surface area (Å²) in [6.07, 6.45) is 1.92. The molecule has 0 radical (unpaired) electrons. The van der Waals surface area contributed by atoms with Crippen LogP contribution < -0.4 is 10.2 Å². The summed E-state index contributed by atoms with van der Waals surface area (Å²) in [5.74, 6) is 0.0190. The Labute approximate surface area is 183 Å². The number of nitrogens with one attached hydrogen (secondary N) is 1. The highest BCUT2D eigenvalue weighted by molar-refractivity contribution is 6.03. The Morgan fingerprint density at radius 1 is 1.31 bits per heavy atom. The number of aryl methyl sites for hydroxylation is 1. The zero-order chi connectivity index (χ0) is 23.0. The summed E-state index contributed by atoms with van der Waals surface area (Å²) in [6.45, 7) is 7.08. The summed E-state index contributed by atoms with van der Waals surface area (Å²) in [6, 6.07) is 2.58. The van der Waals surface area contributed by atoms with Gasteiger partial charge in [-0.1, -0.05) is 0 Å². The molecule has 2 amide bonds. The van der Waals surface area contributed by atoms with Gasteiger partial charge >= 0.3 is 6.09 Å². The Balaban J connectivity index is 1.36. The average molecular weight is 442 g/mol. The lowest BCUT2D eigenvalue weighted by atomic mass is 9.99. The van der Waals surface area contributed by atoms with Gasteiger partial charge in [0, 0.05) is 50.3 Å². The molecule has 0 saturated carbocycles. The number of halogens is 1. The third-order valence-electron chi connectivity index (χ3n) is 5.29. The SMILES string of the molecule is Cc1nc2c(F)cc(NC(=O)c3cnc(N4CC(CN(C(=O)O)C(C)C)C4)cn3)cc2o1. The number of hydrogen-bond donors (Lipinski definition) is 2. The Kier molecular flexibility index (Phi) is 5.64. The van der Waals surface area contributed by atoms with E-state index in [1.807, 2.05) is 18.7 Å². The molecule has 1 aliphatic rings. The van der Waals surface area contributed by atoms with Gasteiger partial charge in [-0.25, -0.2) is 24.1 Å². The molecular weight excluding hydrogens is 419 g/mol. The number of rotatable bonds is 6. The maximum atomic E-state index is 14.2. The second-order valence-corrected chi connectivity index (χ2v) is 8.05. The number of aromatic nitrogens is 3. The standard InChI is InChI=1S/C21H23FN6O4/c1-11(2)28(21(30)31)10-13-8-27(9-13)18-7-23-16(6-24-18)20(29)26-14-4-15(22)19-17(5-14)32-12(3)25-19/h4-7,11,13H,8-10H2,1-3H3,(H,26,29)(H,30,31). The molecule has 1 fully saturated rings. The van der Waals surface area contributed by atoms with Crippen LogP contribution in [0.2, 0.25) is 0 Å². The third-order valence-corrected chi connectivity index (χ3v) is 5.29. The zero-order valence-corrected chi connectivity index (χ0v) is 17.9. The molecular formula is C21H23FN6O4. The summed E-state index contributed by atoms with van der Waals surface area (Å²) in [7, 11) is 0. The minimum Gasteiger partial charge on any atom is -0.465 e. The van der Waals surface area contributed by atoms with Crippen LogP contribution in [-0.2, 0) is 0 Å². The van der Waals surface area contributed by atoms with Crippen LogP contribution in [0.3, 0.4) is 0 Å². The molecule has 3 heterocycles. The van der Waals surface area contributed by atoms with Crippen LogP contribution in [0.25, 0.3) is 11.1 Å². The predicted molar refractivity (Wildman–Crippen MR) is 114 cm³/mol. The summed E-state index contributed by atoms with van der Waals surface area (Å²) in [5, 5.41) is 11.9. The van der Waals surface area contributed by atoms with Crippen molar-refractivity contribution in [2.75, 3.05) is 29.9 Å². The minimum atomic E-state index is -0.925. The van der Waals surface area contributed by atoms with Gasteiger partial charge in [-0.2, -0.15) is 0 Å². The number of benzene rings is 1. The number of fused-ring (bicyclic) bond motifs is 1. The summed E-state index contributed by atoms with van der Waals surface area (Å²) in [4.78, 5) is 39.6. The number of amides is 2. The van der Waals surface area contributed by atoms with Gasteiger partial charge in [0.2, 0.25) is 0 Å². The van der Waals surface area contributed by atoms with Gasteiger partial charge in [0.1, 0.15) is 17.0 Å². The third kappa shape index (κ3) is 4.32. The van der Waals surface area contributed by atoms with Crippen LogP contribution in [0.5, 0.6) is 0 Å². The lowest BCUT2D eigenvalue weighted by molar-refractivity contribution is 0.102. The molecule has 0 atom stereocenters. The van der Waals surface area contributed by atoms with E-state index < -0.39 is 17.8 Å².